The lowest BCUT2D eigenvalue weighted by Gasteiger charge is -2.40. The zero-order valence-electron chi connectivity index (χ0n) is 15.3. The first-order valence-corrected chi connectivity index (χ1v) is 10.8. The van der Waals surface area contributed by atoms with Crippen molar-refractivity contribution in [3.05, 3.63) is 30.1 Å². The predicted molar refractivity (Wildman–Crippen MR) is 99.5 cm³/mol. The van der Waals surface area contributed by atoms with E-state index in [9.17, 15) is 17.6 Å². The van der Waals surface area contributed by atoms with Crippen molar-refractivity contribution < 1.29 is 17.6 Å². The van der Waals surface area contributed by atoms with Gasteiger partial charge in [-0.1, -0.05) is 12.1 Å². The van der Waals surface area contributed by atoms with Gasteiger partial charge in [-0.25, -0.2) is 12.8 Å². The Labute approximate surface area is 154 Å². The molecule has 0 saturated carbocycles. The highest BCUT2D eigenvalue weighted by Crippen LogP contribution is 2.22. The normalized spacial score (nSPS) is 24.4. The summed E-state index contributed by atoms with van der Waals surface area (Å²) in [4.78, 5) is 18.4. The van der Waals surface area contributed by atoms with Gasteiger partial charge in [0.2, 0.25) is 5.91 Å². The SMILES string of the molecule is C[C@H](C(=O)N(C)[C@H]1CCS(=O)(=O)C1)N1CCN(c2ccccc2F)CC1. The van der Waals surface area contributed by atoms with Crippen molar-refractivity contribution in [3.8, 4) is 0 Å². The zero-order chi connectivity index (χ0) is 18.9. The fraction of sp³-hybridized carbons (Fsp3) is 0.611. The molecule has 0 radical (unpaired) electrons. The van der Waals surface area contributed by atoms with Crippen LogP contribution in [0.5, 0.6) is 0 Å². The number of para-hydroxylation sites is 1. The minimum absolute atomic E-state index is 0.0496. The summed E-state index contributed by atoms with van der Waals surface area (Å²) in [6.45, 7) is 4.50. The monoisotopic (exact) mass is 383 g/mol. The number of carbonyl (C=O) groups excluding carboxylic acids is 1. The van der Waals surface area contributed by atoms with E-state index in [1.54, 1.807) is 24.1 Å². The molecular weight excluding hydrogens is 357 g/mol. The second kappa shape index (κ2) is 7.52. The molecule has 144 valence electrons. The maximum atomic E-state index is 13.9. The third kappa shape index (κ3) is 4.01. The van der Waals surface area contributed by atoms with Gasteiger partial charge in [-0.15, -0.1) is 0 Å². The molecule has 0 N–H and O–H groups in total. The van der Waals surface area contributed by atoms with Crippen LogP contribution in [0.1, 0.15) is 13.3 Å². The summed E-state index contributed by atoms with van der Waals surface area (Å²) in [6.07, 6.45) is 0.512. The van der Waals surface area contributed by atoms with E-state index in [0.29, 0.717) is 38.3 Å². The lowest BCUT2D eigenvalue weighted by Crippen LogP contribution is -2.55. The highest BCUT2D eigenvalue weighted by atomic mass is 32.2. The number of hydrogen-bond acceptors (Lipinski definition) is 5. The molecule has 0 aromatic heterocycles. The third-order valence-electron chi connectivity index (χ3n) is 5.52. The average molecular weight is 383 g/mol. The molecule has 0 unspecified atom stereocenters. The second-order valence-electron chi connectivity index (χ2n) is 7.16. The molecule has 2 aliphatic rings. The molecule has 2 atom stereocenters. The van der Waals surface area contributed by atoms with E-state index >= 15 is 0 Å². The molecule has 2 heterocycles. The Bertz CT molecular complexity index is 763. The van der Waals surface area contributed by atoms with Gasteiger partial charge in [-0.3, -0.25) is 9.69 Å². The Morgan fingerprint density at radius 1 is 1.23 bits per heavy atom. The van der Waals surface area contributed by atoms with Crippen LogP contribution in [0.15, 0.2) is 24.3 Å². The largest absolute Gasteiger partial charge is 0.367 e. The Morgan fingerprint density at radius 2 is 1.88 bits per heavy atom. The van der Waals surface area contributed by atoms with Gasteiger partial charge in [0.15, 0.2) is 9.84 Å². The van der Waals surface area contributed by atoms with Crippen molar-refractivity contribution >= 4 is 21.4 Å². The molecule has 2 fully saturated rings. The number of halogens is 1. The minimum atomic E-state index is -3.02. The summed E-state index contributed by atoms with van der Waals surface area (Å²) in [7, 11) is -1.32. The number of sulfone groups is 1. The summed E-state index contributed by atoms with van der Waals surface area (Å²) in [5.74, 6) is -0.0627. The number of amides is 1. The van der Waals surface area contributed by atoms with Gasteiger partial charge >= 0.3 is 0 Å². The number of benzene rings is 1. The van der Waals surface area contributed by atoms with Gasteiger partial charge in [-0.2, -0.15) is 0 Å². The van der Waals surface area contributed by atoms with Crippen LogP contribution in [-0.4, -0.2) is 80.9 Å². The Hall–Kier alpha value is -1.67. The summed E-state index contributed by atoms with van der Waals surface area (Å²) in [5.41, 5.74) is 0.597. The summed E-state index contributed by atoms with van der Waals surface area (Å²) >= 11 is 0. The topological polar surface area (TPSA) is 60.9 Å². The number of rotatable bonds is 4. The van der Waals surface area contributed by atoms with Gasteiger partial charge in [0, 0.05) is 39.3 Å². The van der Waals surface area contributed by atoms with Crippen molar-refractivity contribution in [3.63, 3.8) is 0 Å². The van der Waals surface area contributed by atoms with Gasteiger partial charge in [-0.05, 0) is 25.5 Å². The van der Waals surface area contributed by atoms with E-state index in [2.05, 4.69) is 4.90 Å². The van der Waals surface area contributed by atoms with Crippen LogP contribution in [0.25, 0.3) is 0 Å². The zero-order valence-corrected chi connectivity index (χ0v) is 16.1. The highest BCUT2D eigenvalue weighted by Gasteiger charge is 2.36. The number of piperazine rings is 1. The lowest BCUT2D eigenvalue weighted by molar-refractivity contribution is -0.136. The van der Waals surface area contributed by atoms with Crippen molar-refractivity contribution in [2.24, 2.45) is 0 Å². The maximum Gasteiger partial charge on any atom is 0.239 e. The molecule has 6 nitrogen and oxygen atoms in total. The van der Waals surface area contributed by atoms with Crippen LogP contribution in [0.3, 0.4) is 0 Å². The van der Waals surface area contributed by atoms with E-state index in [1.807, 2.05) is 17.9 Å². The fourth-order valence-electron chi connectivity index (χ4n) is 3.77. The fourth-order valence-corrected chi connectivity index (χ4v) is 5.54. The van der Waals surface area contributed by atoms with Crippen molar-refractivity contribution in [2.75, 3.05) is 49.6 Å². The van der Waals surface area contributed by atoms with Crippen LogP contribution in [0.2, 0.25) is 0 Å². The molecule has 1 amide bonds. The maximum absolute atomic E-state index is 13.9. The highest BCUT2D eigenvalue weighted by molar-refractivity contribution is 7.91. The van der Waals surface area contributed by atoms with Crippen LogP contribution >= 0.6 is 0 Å². The van der Waals surface area contributed by atoms with Crippen LogP contribution in [0.4, 0.5) is 10.1 Å². The molecule has 2 aliphatic heterocycles. The number of carbonyl (C=O) groups is 1. The first-order valence-electron chi connectivity index (χ1n) is 8.99. The molecular formula is C18H26FN3O3S. The Morgan fingerprint density at radius 3 is 2.46 bits per heavy atom. The molecule has 0 bridgehead atoms. The molecule has 0 aliphatic carbocycles. The molecule has 0 spiro atoms. The standard InChI is InChI=1S/C18H26FN3O3S/c1-14(18(23)20(2)15-7-12-26(24,25)13-15)21-8-10-22(11-9-21)17-6-4-3-5-16(17)19/h3-6,14-15H,7-13H2,1-2H3/t14-,15+/m1/s1. The first kappa shape index (κ1) is 19.1. The van der Waals surface area contributed by atoms with Crippen LogP contribution < -0.4 is 4.90 Å². The number of nitrogens with zero attached hydrogens (tertiary/aromatic N) is 3. The smallest absolute Gasteiger partial charge is 0.239 e. The first-order chi connectivity index (χ1) is 12.3. The van der Waals surface area contributed by atoms with Gasteiger partial charge < -0.3 is 9.80 Å². The van der Waals surface area contributed by atoms with Gasteiger partial charge in [0.25, 0.3) is 0 Å². The van der Waals surface area contributed by atoms with Gasteiger partial charge in [0.1, 0.15) is 5.82 Å². The van der Waals surface area contributed by atoms with Crippen molar-refractivity contribution in [2.45, 2.75) is 25.4 Å². The molecule has 3 rings (SSSR count). The molecule has 26 heavy (non-hydrogen) atoms. The predicted octanol–water partition coefficient (Wildman–Crippen LogP) is 0.982. The number of anilines is 1. The van der Waals surface area contributed by atoms with E-state index in [1.165, 1.54) is 6.07 Å². The molecule has 1 aromatic carbocycles. The van der Waals surface area contributed by atoms with Crippen LogP contribution in [-0.2, 0) is 14.6 Å². The van der Waals surface area contributed by atoms with E-state index in [4.69, 9.17) is 0 Å². The third-order valence-corrected chi connectivity index (χ3v) is 7.27. The molecule has 1 aromatic rings. The molecule has 8 heteroatoms. The summed E-state index contributed by atoms with van der Waals surface area (Å²) in [6, 6.07) is 6.18. The van der Waals surface area contributed by atoms with E-state index in [-0.39, 0.29) is 35.3 Å². The quantitative estimate of drug-likeness (QED) is 0.776. The average Bonchev–Trinajstić information content (AvgIpc) is 3.00. The van der Waals surface area contributed by atoms with Crippen LogP contribution in [0, 0.1) is 5.82 Å². The number of likely N-dealkylation sites (N-methyl/N-ethyl adjacent to an activating group) is 1. The Balaban J connectivity index is 1.57. The lowest BCUT2D eigenvalue weighted by atomic mass is 10.1. The van der Waals surface area contributed by atoms with E-state index < -0.39 is 9.84 Å². The van der Waals surface area contributed by atoms with Crippen molar-refractivity contribution in [1.29, 1.82) is 0 Å². The summed E-state index contributed by atoms with van der Waals surface area (Å²) in [5, 5.41) is 0. The Kier molecular flexibility index (Phi) is 5.53. The number of hydrogen-bond donors (Lipinski definition) is 0. The summed E-state index contributed by atoms with van der Waals surface area (Å²) < 4.78 is 37.2. The second-order valence-corrected chi connectivity index (χ2v) is 9.39. The molecule has 2 saturated heterocycles. The minimum Gasteiger partial charge on any atom is -0.367 e. The van der Waals surface area contributed by atoms with Gasteiger partial charge in [0.05, 0.1) is 23.2 Å². The van der Waals surface area contributed by atoms with E-state index in [0.717, 1.165) is 0 Å². The van der Waals surface area contributed by atoms with Crippen molar-refractivity contribution in [1.82, 2.24) is 9.80 Å².